The Balaban J connectivity index is 1.41. The van der Waals surface area contributed by atoms with Crippen LogP contribution < -0.4 is 19.6 Å². The average Bonchev–Trinajstić information content (AvgIpc) is 2.75. The molecule has 2 aliphatic rings. The molecule has 144 valence electrons. The second-order valence-electron chi connectivity index (χ2n) is 7.37. The van der Waals surface area contributed by atoms with Gasteiger partial charge in [-0.3, -0.25) is 0 Å². The predicted octanol–water partition coefficient (Wildman–Crippen LogP) is 1.65. The fourth-order valence-corrected chi connectivity index (χ4v) is 3.68. The Morgan fingerprint density at radius 3 is 2.19 bits per heavy atom. The van der Waals surface area contributed by atoms with E-state index in [1.165, 1.54) is 19.3 Å². The molecule has 0 aromatic carbocycles. The van der Waals surface area contributed by atoms with Crippen molar-refractivity contribution in [2.75, 3.05) is 73.0 Å². The smallest absolute Gasteiger partial charge is 0.227 e. The van der Waals surface area contributed by atoms with E-state index in [1.54, 1.807) is 6.33 Å². The Morgan fingerprint density at radius 2 is 1.48 bits per heavy atom. The number of hydrogen-bond acceptors (Lipinski definition) is 8. The molecule has 2 aliphatic heterocycles. The van der Waals surface area contributed by atoms with Crippen LogP contribution in [0.1, 0.15) is 19.3 Å². The molecule has 0 bridgehead atoms. The zero-order chi connectivity index (χ0) is 18.6. The lowest BCUT2D eigenvalue weighted by atomic mass is 10.1. The number of piperazine rings is 1. The fourth-order valence-electron chi connectivity index (χ4n) is 3.68. The van der Waals surface area contributed by atoms with Gasteiger partial charge in [-0.2, -0.15) is 4.98 Å². The van der Waals surface area contributed by atoms with Gasteiger partial charge in [0.05, 0.1) is 0 Å². The summed E-state index contributed by atoms with van der Waals surface area (Å²) in [6.07, 6.45) is 7.33. The van der Waals surface area contributed by atoms with Gasteiger partial charge >= 0.3 is 0 Å². The van der Waals surface area contributed by atoms with Gasteiger partial charge in [-0.15, -0.1) is 0 Å². The van der Waals surface area contributed by atoms with E-state index in [-0.39, 0.29) is 0 Å². The van der Waals surface area contributed by atoms with E-state index in [2.05, 4.69) is 35.7 Å². The first kappa shape index (κ1) is 17.8. The third-order valence-electron chi connectivity index (χ3n) is 5.29. The molecule has 2 fully saturated rings. The average molecular weight is 368 g/mol. The van der Waals surface area contributed by atoms with Crippen LogP contribution in [0.25, 0.3) is 0 Å². The maximum Gasteiger partial charge on any atom is 0.227 e. The van der Waals surface area contributed by atoms with E-state index >= 15 is 0 Å². The molecule has 0 amide bonds. The first-order valence-corrected chi connectivity index (χ1v) is 9.78. The molecule has 2 aromatic heterocycles. The quantitative estimate of drug-likeness (QED) is 0.807. The highest BCUT2D eigenvalue weighted by molar-refractivity contribution is 5.51. The minimum atomic E-state index is 0.876. The molecule has 27 heavy (non-hydrogen) atoms. The van der Waals surface area contributed by atoms with Crippen molar-refractivity contribution >= 4 is 23.4 Å². The summed E-state index contributed by atoms with van der Waals surface area (Å²) in [7, 11) is 4.00. The van der Waals surface area contributed by atoms with Gasteiger partial charge < -0.3 is 19.6 Å². The zero-order valence-electron chi connectivity index (χ0n) is 16.3. The summed E-state index contributed by atoms with van der Waals surface area (Å²) in [5, 5.41) is 0. The lowest BCUT2D eigenvalue weighted by Gasteiger charge is -2.36. The minimum absolute atomic E-state index is 0.876. The van der Waals surface area contributed by atoms with Crippen LogP contribution in [0.15, 0.2) is 24.7 Å². The standard InChI is InChI=1S/C19H28N8/c1-24(2)17-14-18(22-15-21-17)26-12-10-25(11-13-26)16-6-7-20-19(23-16)27-8-4-3-5-9-27/h6-7,14-15H,3-5,8-13H2,1-2H3. The Labute approximate surface area is 160 Å². The van der Waals surface area contributed by atoms with E-state index in [9.17, 15) is 0 Å². The van der Waals surface area contributed by atoms with Crippen LogP contribution in [0.2, 0.25) is 0 Å². The van der Waals surface area contributed by atoms with Crippen molar-refractivity contribution in [1.82, 2.24) is 19.9 Å². The van der Waals surface area contributed by atoms with Crippen molar-refractivity contribution in [3.05, 3.63) is 24.7 Å². The molecule has 0 spiro atoms. The highest BCUT2D eigenvalue weighted by Crippen LogP contribution is 2.22. The molecule has 4 rings (SSSR count). The van der Waals surface area contributed by atoms with E-state index in [0.717, 1.165) is 62.7 Å². The normalized spacial score (nSPS) is 17.9. The summed E-state index contributed by atoms with van der Waals surface area (Å²) in [5.74, 6) is 3.83. The first-order valence-electron chi connectivity index (χ1n) is 9.78. The van der Waals surface area contributed by atoms with Crippen LogP contribution in [-0.4, -0.2) is 73.3 Å². The second-order valence-corrected chi connectivity index (χ2v) is 7.37. The number of anilines is 4. The Morgan fingerprint density at radius 1 is 0.778 bits per heavy atom. The van der Waals surface area contributed by atoms with Gasteiger partial charge in [0.1, 0.15) is 23.8 Å². The summed E-state index contributed by atoms with van der Waals surface area (Å²) < 4.78 is 0. The van der Waals surface area contributed by atoms with E-state index in [1.807, 2.05) is 31.3 Å². The molecule has 8 nitrogen and oxygen atoms in total. The molecule has 8 heteroatoms. The number of piperidine rings is 1. The highest BCUT2D eigenvalue weighted by atomic mass is 15.3. The van der Waals surface area contributed by atoms with Crippen molar-refractivity contribution in [2.45, 2.75) is 19.3 Å². The highest BCUT2D eigenvalue weighted by Gasteiger charge is 2.21. The molecule has 2 saturated heterocycles. The van der Waals surface area contributed by atoms with E-state index in [0.29, 0.717) is 0 Å². The van der Waals surface area contributed by atoms with Gasteiger partial charge in [0.2, 0.25) is 5.95 Å². The third-order valence-corrected chi connectivity index (χ3v) is 5.29. The maximum atomic E-state index is 4.85. The number of rotatable bonds is 4. The van der Waals surface area contributed by atoms with Crippen LogP contribution in [0.4, 0.5) is 23.4 Å². The monoisotopic (exact) mass is 368 g/mol. The molecule has 0 radical (unpaired) electrons. The lowest BCUT2D eigenvalue weighted by Crippen LogP contribution is -2.47. The predicted molar refractivity (Wildman–Crippen MR) is 109 cm³/mol. The number of nitrogens with zero attached hydrogens (tertiary/aromatic N) is 8. The summed E-state index contributed by atoms with van der Waals surface area (Å²) in [5.41, 5.74) is 0. The molecule has 0 N–H and O–H groups in total. The summed E-state index contributed by atoms with van der Waals surface area (Å²) in [4.78, 5) is 27.1. The van der Waals surface area contributed by atoms with Crippen LogP contribution in [-0.2, 0) is 0 Å². The van der Waals surface area contributed by atoms with Crippen molar-refractivity contribution in [1.29, 1.82) is 0 Å². The summed E-state index contributed by atoms with van der Waals surface area (Å²) >= 11 is 0. The maximum absolute atomic E-state index is 4.85. The number of hydrogen-bond donors (Lipinski definition) is 0. The van der Waals surface area contributed by atoms with Crippen LogP contribution in [0.3, 0.4) is 0 Å². The summed E-state index contributed by atoms with van der Waals surface area (Å²) in [6, 6.07) is 4.08. The fraction of sp³-hybridized carbons (Fsp3) is 0.579. The largest absolute Gasteiger partial charge is 0.363 e. The molecule has 0 saturated carbocycles. The molecule has 0 aliphatic carbocycles. The SMILES string of the molecule is CN(C)c1cc(N2CCN(c3ccnc(N4CCCCC4)n3)CC2)ncn1. The van der Waals surface area contributed by atoms with Crippen LogP contribution in [0.5, 0.6) is 0 Å². The minimum Gasteiger partial charge on any atom is -0.363 e. The number of aromatic nitrogens is 4. The molecule has 0 atom stereocenters. The van der Waals surface area contributed by atoms with Gasteiger partial charge in [-0.25, -0.2) is 15.0 Å². The van der Waals surface area contributed by atoms with Crippen molar-refractivity contribution in [3.8, 4) is 0 Å². The van der Waals surface area contributed by atoms with E-state index in [4.69, 9.17) is 4.98 Å². The molecule has 2 aromatic rings. The summed E-state index contributed by atoms with van der Waals surface area (Å²) in [6.45, 7) is 5.84. The first-order chi connectivity index (χ1) is 13.2. The van der Waals surface area contributed by atoms with Crippen LogP contribution >= 0.6 is 0 Å². The van der Waals surface area contributed by atoms with Crippen molar-refractivity contribution in [2.24, 2.45) is 0 Å². The molecular weight excluding hydrogens is 340 g/mol. The Hall–Kier alpha value is -2.64. The van der Waals surface area contributed by atoms with Gasteiger partial charge in [0.15, 0.2) is 0 Å². The molecule has 4 heterocycles. The lowest BCUT2D eigenvalue weighted by molar-refractivity contribution is 0.567. The molecule has 0 unspecified atom stereocenters. The third kappa shape index (κ3) is 4.04. The topological polar surface area (TPSA) is 64.5 Å². The Bertz CT molecular complexity index is 751. The van der Waals surface area contributed by atoms with E-state index < -0.39 is 0 Å². The van der Waals surface area contributed by atoms with Gasteiger partial charge in [0, 0.05) is 65.6 Å². The molecular formula is C19H28N8. The van der Waals surface area contributed by atoms with Gasteiger partial charge in [-0.05, 0) is 25.3 Å². The Kier molecular flexibility index (Phi) is 5.22. The van der Waals surface area contributed by atoms with Crippen molar-refractivity contribution in [3.63, 3.8) is 0 Å². The zero-order valence-corrected chi connectivity index (χ0v) is 16.3. The van der Waals surface area contributed by atoms with Gasteiger partial charge in [-0.1, -0.05) is 0 Å². The second kappa shape index (κ2) is 7.94. The van der Waals surface area contributed by atoms with Crippen LogP contribution in [0, 0.1) is 0 Å². The van der Waals surface area contributed by atoms with Crippen molar-refractivity contribution < 1.29 is 0 Å². The van der Waals surface area contributed by atoms with Gasteiger partial charge in [0.25, 0.3) is 0 Å².